The summed E-state index contributed by atoms with van der Waals surface area (Å²) < 4.78 is 16.6. The van der Waals surface area contributed by atoms with Crippen LogP contribution in [0.4, 0.5) is 16.2 Å². The monoisotopic (exact) mass is 561 g/mol. The summed E-state index contributed by atoms with van der Waals surface area (Å²) in [5, 5.41) is 14.8. The van der Waals surface area contributed by atoms with Gasteiger partial charge in [0.1, 0.15) is 12.4 Å². The molecule has 1 atom stereocenters. The first kappa shape index (κ1) is 30.6. The fourth-order valence-electron chi connectivity index (χ4n) is 4.10. The molecule has 0 aliphatic carbocycles. The van der Waals surface area contributed by atoms with Gasteiger partial charge in [-0.1, -0.05) is 30.3 Å². The Morgan fingerprint density at radius 1 is 0.951 bits per heavy atom. The van der Waals surface area contributed by atoms with Gasteiger partial charge in [-0.2, -0.15) is 0 Å². The standard InChI is InChI=1S/C31H35N3O7/c1-6-15-34(21(3)19-41-26-14-12-23(30(36)37)18-28(26)40-5)29(35)17-22-11-13-25(27(16-22)39-4)33-31(38)32-24-10-8-7-9-20(24)2/h6-14,16,18,21H,1,15,17,19H2,2-5H3,(H,36,37)(H2,32,33,38)/t21-/m1/s1. The number of carboxylic acid groups (broad SMARTS) is 1. The number of aryl methyl sites for hydroxylation is 1. The van der Waals surface area contributed by atoms with Crippen molar-refractivity contribution in [1.29, 1.82) is 0 Å². The molecule has 0 saturated carbocycles. The molecule has 3 amide bonds. The Morgan fingerprint density at radius 2 is 1.66 bits per heavy atom. The number of ether oxygens (including phenoxy) is 3. The predicted molar refractivity (Wildman–Crippen MR) is 157 cm³/mol. The molecule has 0 fully saturated rings. The molecule has 0 radical (unpaired) electrons. The third-order valence-corrected chi connectivity index (χ3v) is 6.33. The fourth-order valence-corrected chi connectivity index (χ4v) is 4.10. The number of carbonyl (C=O) groups is 3. The van der Waals surface area contributed by atoms with Crippen LogP contribution in [0, 0.1) is 6.92 Å². The van der Waals surface area contributed by atoms with Crippen LogP contribution in [0.15, 0.2) is 73.3 Å². The maximum Gasteiger partial charge on any atom is 0.335 e. The van der Waals surface area contributed by atoms with Crippen molar-refractivity contribution < 1.29 is 33.7 Å². The molecule has 0 aliphatic rings. The summed E-state index contributed by atoms with van der Waals surface area (Å²) in [4.78, 5) is 38.7. The first-order chi connectivity index (χ1) is 19.7. The molecule has 41 heavy (non-hydrogen) atoms. The first-order valence-electron chi connectivity index (χ1n) is 12.9. The van der Waals surface area contributed by atoms with Crippen molar-refractivity contribution in [1.82, 2.24) is 4.90 Å². The minimum atomic E-state index is -1.07. The number of anilines is 2. The summed E-state index contributed by atoms with van der Waals surface area (Å²) in [5.74, 6) is -0.160. The minimum absolute atomic E-state index is 0.0780. The van der Waals surface area contributed by atoms with Crippen LogP contribution in [-0.4, -0.2) is 61.3 Å². The number of methoxy groups -OCH3 is 2. The molecule has 10 nitrogen and oxygen atoms in total. The van der Waals surface area contributed by atoms with Gasteiger partial charge in [-0.25, -0.2) is 9.59 Å². The molecular formula is C31H35N3O7. The lowest BCUT2D eigenvalue weighted by Gasteiger charge is -2.28. The Hall–Kier alpha value is -4.99. The summed E-state index contributed by atoms with van der Waals surface area (Å²) in [6.45, 7) is 7.96. The van der Waals surface area contributed by atoms with E-state index in [1.807, 2.05) is 38.1 Å². The van der Waals surface area contributed by atoms with E-state index in [1.54, 1.807) is 29.2 Å². The van der Waals surface area contributed by atoms with Crippen LogP contribution < -0.4 is 24.8 Å². The van der Waals surface area contributed by atoms with Crippen LogP contribution in [0.3, 0.4) is 0 Å². The van der Waals surface area contributed by atoms with Gasteiger partial charge in [0, 0.05) is 12.2 Å². The van der Waals surface area contributed by atoms with Crippen molar-refractivity contribution in [3.63, 3.8) is 0 Å². The highest BCUT2D eigenvalue weighted by atomic mass is 16.5. The average Bonchev–Trinajstić information content (AvgIpc) is 2.96. The number of urea groups is 1. The maximum atomic E-state index is 13.3. The maximum absolute atomic E-state index is 13.3. The van der Waals surface area contributed by atoms with Gasteiger partial charge in [-0.3, -0.25) is 4.79 Å². The highest BCUT2D eigenvalue weighted by Gasteiger charge is 2.21. The molecule has 3 aromatic carbocycles. The first-order valence-corrected chi connectivity index (χ1v) is 12.9. The van der Waals surface area contributed by atoms with Crippen molar-refractivity contribution in [2.75, 3.05) is 38.0 Å². The van der Waals surface area contributed by atoms with Gasteiger partial charge in [0.05, 0.1) is 37.9 Å². The van der Waals surface area contributed by atoms with Crippen molar-refractivity contribution in [2.45, 2.75) is 26.3 Å². The summed E-state index contributed by atoms with van der Waals surface area (Å²) in [5.41, 5.74) is 2.87. The molecular weight excluding hydrogens is 526 g/mol. The van der Waals surface area contributed by atoms with Gasteiger partial charge >= 0.3 is 12.0 Å². The number of hydrogen-bond acceptors (Lipinski definition) is 6. The van der Waals surface area contributed by atoms with E-state index in [0.29, 0.717) is 35.0 Å². The Morgan fingerprint density at radius 3 is 2.32 bits per heavy atom. The molecule has 0 heterocycles. The number of amides is 3. The van der Waals surface area contributed by atoms with E-state index >= 15 is 0 Å². The topological polar surface area (TPSA) is 126 Å². The summed E-state index contributed by atoms with van der Waals surface area (Å²) in [6.07, 6.45) is 1.72. The SMILES string of the molecule is C=CCN(C(=O)Cc1ccc(NC(=O)Nc2ccccc2C)c(OC)c1)[C@H](C)COc1ccc(C(=O)O)cc1OC. The van der Waals surface area contributed by atoms with Crippen molar-refractivity contribution >= 4 is 29.3 Å². The van der Waals surface area contributed by atoms with E-state index in [1.165, 1.54) is 32.4 Å². The van der Waals surface area contributed by atoms with Gasteiger partial charge < -0.3 is 34.9 Å². The lowest BCUT2D eigenvalue weighted by Crippen LogP contribution is -2.42. The molecule has 10 heteroatoms. The van der Waals surface area contributed by atoms with Crippen LogP contribution in [0.2, 0.25) is 0 Å². The third-order valence-electron chi connectivity index (χ3n) is 6.33. The number of benzene rings is 3. The molecule has 3 aromatic rings. The molecule has 0 unspecified atom stereocenters. The molecule has 0 aromatic heterocycles. The van der Waals surface area contributed by atoms with E-state index in [-0.39, 0.29) is 36.3 Å². The smallest absolute Gasteiger partial charge is 0.335 e. The average molecular weight is 562 g/mol. The molecule has 0 spiro atoms. The highest BCUT2D eigenvalue weighted by Crippen LogP contribution is 2.29. The van der Waals surface area contributed by atoms with Gasteiger partial charge in [0.25, 0.3) is 0 Å². The lowest BCUT2D eigenvalue weighted by atomic mass is 10.1. The predicted octanol–water partition coefficient (Wildman–Crippen LogP) is 5.38. The van der Waals surface area contributed by atoms with E-state index in [4.69, 9.17) is 14.2 Å². The normalized spacial score (nSPS) is 11.1. The summed E-state index contributed by atoms with van der Waals surface area (Å²) in [7, 11) is 2.92. The van der Waals surface area contributed by atoms with E-state index in [2.05, 4.69) is 17.2 Å². The van der Waals surface area contributed by atoms with Crippen LogP contribution in [-0.2, 0) is 11.2 Å². The van der Waals surface area contributed by atoms with Crippen LogP contribution in [0.25, 0.3) is 0 Å². The second kappa shape index (κ2) is 14.4. The van der Waals surface area contributed by atoms with E-state index in [9.17, 15) is 19.5 Å². The highest BCUT2D eigenvalue weighted by molar-refractivity contribution is 6.01. The van der Waals surface area contributed by atoms with Crippen LogP contribution >= 0.6 is 0 Å². The van der Waals surface area contributed by atoms with Gasteiger partial charge in [-0.15, -0.1) is 6.58 Å². The van der Waals surface area contributed by atoms with Crippen LogP contribution in [0.5, 0.6) is 17.2 Å². The minimum Gasteiger partial charge on any atom is -0.495 e. The number of nitrogens with zero attached hydrogens (tertiary/aromatic N) is 1. The number of para-hydroxylation sites is 1. The molecule has 216 valence electrons. The lowest BCUT2D eigenvalue weighted by molar-refractivity contribution is -0.132. The summed E-state index contributed by atoms with van der Waals surface area (Å²) in [6, 6.07) is 16.2. The number of carbonyl (C=O) groups excluding carboxylic acids is 2. The Balaban J connectivity index is 1.66. The fraction of sp³-hybridized carbons (Fsp3) is 0.258. The second-order valence-electron chi connectivity index (χ2n) is 9.27. The van der Waals surface area contributed by atoms with Crippen LogP contribution in [0.1, 0.15) is 28.4 Å². The second-order valence-corrected chi connectivity index (χ2v) is 9.27. The third kappa shape index (κ3) is 8.25. The van der Waals surface area contributed by atoms with E-state index < -0.39 is 12.0 Å². The molecule has 3 rings (SSSR count). The summed E-state index contributed by atoms with van der Waals surface area (Å²) >= 11 is 0. The Labute approximate surface area is 239 Å². The zero-order valence-corrected chi connectivity index (χ0v) is 23.6. The number of nitrogens with one attached hydrogen (secondary N) is 2. The quantitative estimate of drug-likeness (QED) is 0.239. The number of hydrogen-bond donors (Lipinski definition) is 3. The molecule has 0 aliphatic heterocycles. The van der Waals surface area contributed by atoms with E-state index in [0.717, 1.165) is 5.56 Å². The van der Waals surface area contributed by atoms with Gasteiger partial charge in [0.15, 0.2) is 11.5 Å². The van der Waals surface area contributed by atoms with Gasteiger partial charge in [0.2, 0.25) is 5.91 Å². The zero-order valence-electron chi connectivity index (χ0n) is 23.6. The Bertz CT molecular complexity index is 1410. The molecule has 0 saturated heterocycles. The molecule has 3 N–H and O–H groups in total. The van der Waals surface area contributed by atoms with Crippen molar-refractivity contribution in [3.05, 3.63) is 90.0 Å². The number of aromatic carboxylic acids is 1. The Kier molecular flexibility index (Phi) is 10.7. The number of rotatable bonds is 13. The van der Waals surface area contributed by atoms with Crippen molar-refractivity contribution in [2.24, 2.45) is 0 Å². The molecule has 0 bridgehead atoms. The largest absolute Gasteiger partial charge is 0.495 e. The zero-order chi connectivity index (χ0) is 29.9. The number of carboxylic acids is 1. The van der Waals surface area contributed by atoms with Gasteiger partial charge in [-0.05, 0) is 61.4 Å². The van der Waals surface area contributed by atoms with Crippen molar-refractivity contribution in [3.8, 4) is 17.2 Å².